The summed E-state index contributed by atoms with van der Waals surface area (Å²) in [4.78, 5) is 15.6. The van der Waals surface area contributed by atoms with Crippen molar-refractivity contribution in [1.82, 2.24) is 10.3 Å². The molecule has 1 unspecified atom stereocenters. The number of nitrogens with zero attached hydrogens (tertiary/aromatic N) is 1. The number of aromatic carboxylic acids is 1. The van der Waals surface area contributed by atoms with Gasteiger partial charge in [-0.1, -0.05) is 18.2 Å². The van der Waals surface area contributed by atoms with Crippen molar-refractivity contribution in [3.8, 4) is 17.1 Å². The van der Waals surface area contributed by atoms with Crippen LogP contribution in [0.3, 0.4) is 0 Å². The molecular weight excluding hydrogens is 292 g/mol. The van der Waals surface area contributed by atoms with Crippen molar-refractivity contribution in [3.63, 3.8) is 0 Å². The minimum Gasteiger partial charge on any atom is -0.478 e. The SMILES string of the molecule is O=C(O)c1cccc(-c2cccc(OCC3CCCNC3)n2)c1. The third-order valence-electron chi connectivity index (χ3n) is 3.99. The van der Waals surface area contributed by atoms with Crippen molar-refractivity contribution in [3.05, 3.63) is 48.0 Å². The van der Waals surface area contributed by atoms with Crippen molar-refractivity contribution < 1.29 is 14.6 Å². The van der Waals surface area contributed by atoms with Crippen LogP contribution in [0.4, 0.5) is 0 Å². The van der Waals surface area contributed by atoms with Gasteiger partial charge in [-0.2, -0.15) is 0 Å². The number of hydrogen-bond acceptors (Lipinski definition) is 4. The number of nitrogens with one attached hydrogen (secondary N) is 1. The lowest BCUT2D eigenvalue weighted by Crippen LogP contribution is -2.33. The average Bonchev–Trinajstić information content (AvgIpc) is 2.61. The molecule has 0 radical (unpaired) electrons. The van der Waals surface area contributed by atoms with E-state index in [1.165, 1.54) is 12.8 Å². The second-order valence-corrected chi connectivity index (χ2v) is 5.77. The van der Waals surface area contributed by atoms with Gasteiger partial charge >= 0.3 is 5.97 Å². The fraction of sp³-hybridized carbons (Fsp3) is 0.333. The Labute approximate surface area is 135 Å². The molecule has 1 atom stereocenters. The van der Waals surface area contributed by atoms with Crippen LogP contribution >= 0.6 is 0 Å². The van der Waals surface area contributed by atoms with Gasteiger partial charge in [-0.25, -0.2) is 9.78 Å². The highest BCUT2D eigenvalue weighted by Gasteiger charge is 2.14. The summed E-state index contributed by atoms with van der Waals surface area (Å²) < 4.78 is 5.82. The van der Waals surface area contributed by atoms with Crippen LogP contribution in [0.25, 0.3) is 11.3 Å². The van der Waals surface area contributed by atoms with Crippen LogP contribution in [0.5, 0.6) is 5.88 Å². The molecule has 0 spiro atoms. The van der Waals surface area contributed by atoms with E-state index in [2.05, 4.69) is 10.3 Å². The van der Waals surface area contributed by atoms with Gasteiger partial charge in [0.15, 0.2) is 0 Å². The van der Waals surface area contributed by atoms with Crippen molar-refractivity contribution in [2.75, 3.05) is 19.7 Å². The topological polar surface area (TPSA) is 71.5 Å². The highest BCUT2D eigenvalue weighted by Crippen LogP contribution is 2.21. The Morgan fingerprint density at radius 1 is 1.30 bits per heavy atom. The Morgan fingerprint density at radius 2 is 2.17 bits per heavy atom. The number of hydrogen-bond donors (Lipinski definition) is 2. The summed E-state index contributed by atoms with van der Waals surface area (Å²) >= 11 is 0. The Hall–Kier alpha value is -2.40. The van der Waals surface area contributed by atoms with Crippen molar-refractivity contribution in [1.29, 1.82) is 0 Å². The first-order valence-corrected chi connectivity index (χ1v) is 7.86. The molecule has 0 aliphatic carbocycles. The van der Waals surface area contributed by atoms with Crippen LogP contribution in [0, 0.1) is 5.92 Å². The van der Waals surface area contributed by atoms with Gasteiger partial charge in [0, 0.05) is 24.1 Å². The summed E-state index contributed by atoms with van der Waals surface area (Å²) in [5.74, 6) is 0.155. The number of carboxylic acids is 1. The van der Waals surface area contributed by atoms with Crippen LogP contribution in [-0.4, -0.2) is 35.8 Å². The molecule has 0 saturated carbocycles. The maximum Gasteiger partial charge on any atom is 0.335 e. The summed E-state index contributed by atoms with van der Waals surface area (Å²) in [5.41, 5.74) is 1.74. The van der Waals surface area contributed by atoms with Gasteiger partial charge in [0.1, 0.15) is 0 Å². The second-order valence-electron chi connectivity index (χ2n) is 5.77. The number of carbonyl (C=O) groups is 1. The molecule has 1 aromatic carbocycles. The molecule has 2 N–H and O–H groups in total. The summed E-state index contributed by atoms with van der Waals surface area (Å²) in [6.07, 6.45) is 2.36. The first-order valence-electron chi connectivity index (χ1n) is 7.86. The van der Waals surface area contributed by atoms with E-state index in [-0.39, 0.29) is 5.56 Å². The van der Waals surface area contributed by atoms with Crippen molar-refractivity contribution in [2.45, 2.75) is 12.8 Å². The lowest BCUT2D eigenvalue weighted by molar-refractivity contribution is 0.0697. The Bertz CT molecular complexity index is 681. The molecule has 23 heavy (non-hydrogen) atoms. The minimum absolute atomic E-state index is 0.254. The van der Waals surface area contributed by atoms with Gasteiger partial charge < -0.3 is 15.2 Å². The number of ether oxygens (including phenoxy) is 1. The number of rotatable bonds is 5. The third kappa shape index (κ3) is 4.07. The molecule has 120 valence electrons. The smallest absolute Gasteiger partial charge is 0.335 e. The van der Waals surface area contributed by atoms with Crippen molar-refractivity contribution >= 4 is 5.97 Å². The maximum atomic E-state index is 11.1. The fourth-order valence-electron chi connectivity index (χ4n) is 2.74. The molecule has 5 nitrogen and oxygen atoms in total. The van der Waals surface area contributed by atoms with E-state index in [1.54, 1.807) is 18.2 Å². The van der Waals surface area contributed by atoms with E-state index >= 15 is 0 Å². The molecule has 1 fully saturated rings. The Balaban J connectivity index is 1.71. The lowest BCUT2D eigenvalue weighted by Gasteiger charge is -2.22. The quantitative estimate of drug-likeness (QED) is 0.888. The monoisotopic (exact) mass is 312 g/mol. The number of carboxylic acid groups (broad SMARTS) is 1. The highest BCUT2D eigenvalue weighted by atomic mass is 16.5. The number of pyridine rings is 1. The van der Waals surface area contributed by atoms with Crippen LogP contribution in [0.15, 0.2) is 42.5 Å². The molecular formula is C18H20N2O3. The van der Waals surface area contributed by atoms with E-state index in [0.29, 0.717) is 24.1 Å². The van der Waals surface area contributed by atoms with E-state index in [1.807, 2.05) is 24.3 Å². The summed E-state index contributed by atoms with van der Waals surface area (Å²) in [5, 5.41) is 12.5. The standard InChI is InChI=1S/C18H20N2O3/c21-18(22)15-6-1-5-14(10-15)16-7-2-8-17(20-16)23-12-13-4-3-9-19-11-13/h1-2,5-8,10,13,19H,3-4,9,11-12H2,(H,21,22). The predicted molar refractivity (Wildman–Crippen MR) is 87.7 cm³/mol. The zero-order valence-electron chi connectivity index (χ0n) is 12.9. The minimum atomic E-state index is -0.941. The number of aromatic nitrogens is 1. The van der Waals surface area contributed by atoms with E-state index in [0.717, 1.165) is 18.7 Å². The fourth-order valence-corrected chi connectivity index (χ4v) is 2.74. The van der Waals surface area contributed by atoms with Gasteiger partial charge in [0.25, 0.3) is 0 Å². The third-order valence-corrected chi connectivity index (χ3v) is 3.99. The lowest BCUT2D eigenvalue weighted by atomic mass is 10.0. The Kier molecular flexibility index (Phi) is 4.88. The first kappa shape index (κ1) is 15.5. The Morgan fingerprint density at radius 3 is 2.96 bits per heavy atom. The van der Waals surface area contributed by atoms with Gasteiger partial charge in [-0.05, 0) is 37.6 Å². The zero-order chi connectivity index (χ0) is 16.1. The molecule has 0 amide bonds. The summed E-state index contributed by atoms with van der Waals surface area (Å²) in [7, 11) is 0. The van der Waals surface area contributed by atoms with E-state index < -0.39 is 5.97 Å². The van der Waals surface area contributed by atoms with Gasteiger partial charge in [-0.15, -0.1) is 0 Å². The predicted octanol–water partition coefficient (Wildman–Crippen LogP) is 2.83. The molecule has 2 heterocycles. The van der Waals surface area contributed by atoms with E-state index in [9.17, 15) is 4.79 Å². The number of benzene rings is 1. The summed E-state index contributed by atoms with van der Waals surface area (Å²) in [6, 6.07) is 12.3. The highest BCUT2D eigenvalue weighted by molar-refractivity contribution is 5.89. The maximum absolute atomic E-state index is 11.1. The largest absolute Gasteiger partial charge is 0.478 e. The molecule has 1 aliphatic heterocycles. The molecule has 0 bridgehead atoms. The molecule has 3 rings (SSSR count). The van der Waals surface area contributed by atoms with Crippen LogP contribution < -0.4 is 10.1 Å². The average molecular weight is 312 g/mol. The molecule has 1 saturated heterocycles. The number of piperidine rings is 1. The van der Waals surface area contributed by atoms with Crippen LogP contribution in [-0.2, 0) is 0 Å². The first-order chi connectivity index (χ1) is 11.2. The van der Waals surface area contributed by atoms with E-state index in [4.69, 9.17) is 9.84 Å². The zero-order valence-corrected chi connectivity index (χ0v) is 12.9. The van der Waals surface area contributed by atoms with Crippen LogP contribution in [0.2, 0.25) is 0 Å². The van der Waals surface area contributed by atoms with Gasteiger partial charge in [0.2, 0.25) is 5.88 Å². The summed E-state index contributed by atoms with van der Waals surface area (Å²) in [6.45, 7) is 2.73. The van der Waals surface area contributed by atoms with Crippen LogP contribution in [0.1, 0.15) is 23.2 Å². The second kappa shape index (κ2) is 7.24. The molecule has 2 aromatic rings. The molecule has 1 aliphatic rings. The molecule has 1 aromatic heterocycles. The van der Waals surface area contributed by atoms with Gasteiger partial charge in [0.05, 0.1) is 17.9 Å². The molecule has 5 heteroatoms. The van der Waals surface area contributed by atoms with Crippen molar-refractivity contribution in [2.24, 2.45) is 5.92 Å². The van der Waals surface area contributed by atoms with Gasteiger partial charge in [-0.3, -0.25) is 0 Å². The normalized spacial score (nSPS) is 17.7.